The highest BCUT2D eigenvalue weighted by Gasteiger charge is 2.09. The van der Waals surface area contributed by atoms with Crippen molar-refractivity contribution in [3.05, 3.63) is 46.9 Å². The number of nitrogen functional groups attached to an aromatic ring is 1. The molecular weight excluding hydrogens is 312 g/mol. The zero-order valence-electron chi connectivity index (χ0n) is 9.26. The molecule has 0 aliphatic carbocycles. The normalized spacial score (nSPS) is 10.7. The van der Waals surface area contributed by atoms with E-state index in [1.165, 1.54) is 11.5 Å². The number of nitrogens with zero attached hydrogens (tertiary/aromatic N) is 1. The summed E-state index contributed by atoms with van der Waals surface area (Å²) in [7, 11) is 0. The van der Waals surface area contributed by atoms with Crippen molar-refractivity contribution < 1.29 is 4.74 Å². The Balaban J connectivity index is 2.04. The van der Waals surface area contributed by atoms with Crippen molar-refractivity contribution in [3.63, 3.8) is 0 Å². The number of anilines is 1. The van der Waals surface area contributed by atoms with E-state index in [9.17, 15) is 0 Å². The maximum atomic E-state index is 5.87. The van der Waals surface area contributed by atoms with Crippen LogP contribution < -0.4 is 10.5 Å². The van der Waals surface area contributed by atoms with Gasteiger partial charge in [-0.25, -0.2) is 0 Å². The SMILES string of the molecule is Nc1ccc(Br)c(Oc2snc3ccccc23)c1. The van der Waals surface area contributed by atoms with E-state index in [0.717, 1.165) is 20.4 Å². The molecule has 0 aliphatic rings. The number of benzene rings is 2. The van der Waals surface area contributed by atoms with E-state index in [1.807, 2.05) is 36.4 Å². The molecule has 0 unspecified atom stereocenters. The van der Waals surface area contributed by atoms with E-state index >= 15 is 0 Å². The van der Waals surface area contributed by atoms with Crippen LogP contribution in [0.3, 0.4) is 0 Å². The number of hydrogen-bond acceptors (Lipinski definition) is 4. The van der Waals surface area contributed by atoms with Crippen LogP contribution in [0.5, 0.6) is 10.8 Å². The van der Waals surface area contributed by atoms with Crippen LogP contribution >= 0.6 is 27.5 Å². The molecule has 0 atom stereocenters. The van der Waals surface area contributed by atoms with Gasteiger partial charge in [0.2, 0.25) is 5.06 Å². The maximum absolute atomic E-state index is 5.87. The lowest BCUT2D eigenvalue weighted by Gasteiger charge is -2.06. The molecule has 3 rings (SSSR count). The molecule has 0 saturated heterocycles. The van der Waals surface area contributed by atoms with Gasteiger partial charge in [0.1, 0.15) is 5.75 Å². The van der Waals surface area contributed by atoms with Gasteiger partial charge in [-0.3, -0.25) is 0 Å². The zero-order valence-corrected chi connectivity index (χ0v) is 11.7. The van der Waals surface area contributed by atoms with E-state index < -0.39 is 0 Å². The number of rotatable bonds is 2. The van der Waals surface area contributed by atoms with Gasteiger partial charge in [-0.05, 0) is 40.2 Å². The summed E-state index contributed by atoms with van der Waals surface area (Å²) in [5.74, 6) is 0.699. The van der Waals surface area contributed by atoms with Gasteiger partial charge in [-0.15, -0.1) is 0 Å². The van der Waals surface area contributed by atoms with Gasteiger partial charge in [-0.2, -0.15) is 4.37 Å². The maximum Gasteiger partial charge on any atom is 0.207 e. The Labute approximate surface area is 116 Å². The van der Waals surface area contributed by atoms with Crippen LogP contribution in [-0.4, -0.2) is 4.37 Å². The molecule has 0 radical (unpaired) electrons. The Kier molecular flexibility index (Phi) is 2.93. The van der Waals surface area contributed by atoms with Crippen LogP contribution in [0.2, 0.25) is 0 Å². The first kappa shape index (κ1) is 11.5. The van der Waals surface area contributed by atoms with E-state index in [0.29, 0.717) is 11.4 Å². The van der Waals surface area contributed by atoms with Crippen LogP contribution in [0.4, 0.5) is 5.69 Å². The predicted octanol–water partition coefficient (Wildman–Crippen LogP) is 4.43. The molecule has 0 aliphatic heterocycles. The molecule has 90 valence electrons. The Morgan fingerprint density at radius 2 is 2.00 bits per heavy atom. The summed E-state index contributed by atoms with van der Waals surface area (Å²) in [4.78, 5) is 0. The number of fused-ring (bicyclic) bond motifs is 1. The minimum Gasteiger partial charge on any atom is -0.443 e. The smallest absolute Gasteiger partial charge is 0.207 e. The van der Waals surface area contributed by atoms with Crippen LogP contribution in [0.25, 0.3) is 10.9 Å². The van der Waals surface area contributed by atoms with Gasteiger partial charge < -0.3 is 10.5 Å². The lowest BCUT2D eigenvalue weighted by atomic mass is 10.2. The second-order valence-electron chi connectivity index (χ2n) is 3.78. The molecule has 1 aromatic heterocycles. The van der Waals surface area contributed by atoms with E-state index in [4.69, 9.17) is 10.5 Å². The van der Waals surface area contributed by atoms with E-state index in [2.05, 4.69) is 20.3 Å². The van der Waals surface area contributed by atoms with Crippen LogP contribution in [-0.2, 0) is 0 Å². The Morgan fingerprint density at radius 1 is 1.17 bits per heavy atom. The third kappa shape index (κ3) is 2.07. The molecule has 0 amide bonds. The lowest BCUT2D eigenvalue weighted by Crippen LogP contribution is -1.88. The van der Waals surface area contributed by atoms with Crippen LogP contribution in [0.1, 0.15) is 0 Å². The van der Waals surface area contributed by atoms with Gasteiger partial charge in [0.25, 0.3) is 0 Å². The van der Waals surface area contributed by atoms with Crippen molar-refractivity contribution in [1.82, 2.24) is 4.37 Å². The van der Waals surface area contributed by atoms with Crippen LogP contribution in [0, 0.1) is 0 Å². The topological polar surface area (TPSA) is 48.1 Å². The highest BCUT2D eigenvalue weighted by Crippen LogP contribution is 2.37. The number of hydrogen-bond donors (Lipinski definition) is 1. The van der Waals surface area contributed by atoms with Gasteiger partial charge in [0, 0.05) is 23.3 Å². The van der Waals surface area contributed by atoms with Crippen molar-refractivity contribution in [1.29, 1.82) is 0 Å². The molecule has 0 saturated carbocycles. The average Bonchev–Trinajstić information content (AvgIpc) is 2.78. The van der Waals surface area contributed by atoms with Crippen LogP contribution in [0.15, 0.2) is 46.9 Å². The number of aromatic nitrogens is 1. The van der Waals surface area contributed by atoms with Gasteiger partial charge >= 0.3 is 0 Å². The first-order chi connectivity index (χ1) is 8.74. The third-order valence-corrected chi connectivity index (χ3v) is 3.92. The number of halogens is 1. The minimum absolute atomic E-state index is 0.669. The summed E-state index contributed by atoms with van der Waals surface area (Å²) in [5.41, 5.74) is 7.37. The van der Waals surface area contributed by atoms with Crippen molar-refractivity contribution >= 4 is 44.1 Å². The second kappa shape index (κ2) is 4.59. The lowest BCUT2D eigenvalue weighted by molar-refractivity contribution is 0.498. The molecule has 0 spiro atoms. The summed E-state index contributed by atoms with van der Waals surface area (Å²) in [6.07, 6.45) is 0. The molecule has 2 aromatic carbocycles. The summed E-state index contributed by atoms with van der Waals surface area (Å²) in [6.45, 7) is 0. The molecule has 1 heterocycles. The Hall–Kier alpha value is -1.59. The Morgan fingerprint density at radius 3 is 2.89 bits per heavy atom. The van der Waals surface area contributed by atoms with E-state index in [1.54, 1.807) is 6.07 Å². The number of nitrogens with two attached hydrogens (primary N) is 1. The molecule has 18 heavy (non-hydrogen) atoms. The summed E-state index contributed by atoms with van der Waals surface area (Å²) in [5, 5.41) is 1.79. The fourth-order valence-corrected chi connectivity index (χ4v) is 2.70. The summed E-state index contributed by atoms with van der Waals surface area (Å²) < 4.78 is 11.1. The molecule has 0 fully saturated rings. The molecular formula is C13H9BrN2OS. The first-order valence-electron chi connectivity index (χ1n) is 5.31. The van der Waals surface area contributed by atoms with Crippen molar-refractivity contribution in [2.75, 3.05) is 5.73 Å². The standard InChI is InChI=1S/C13H9BrN2OS/c14-10-6-5-8(15)7-12(10)17-13-9-3-1-2-4-11(9)16-18-13/h1-7H,15H2. The molecule has 2 N–H and O–H groups in total. The molecule has 5 heteroatoms. The second-order valence-corrected chi connectivity index (χ2v) is 5.37. The largest absolute Gasteiger partial charge is 0.443 e. The molecule has 3 nitrogen and oxygen atoms in total. The third-order valence-electron chi connectivity index (χ3n) is 2.51. The highest BCUT2D eigenvalue weighted by molar-refractivity contribution is 9.10. The quantitative estimate of drug-likeness (QED) is 0.710. The average molecular weight is 321 g/mol. The van der Waals surface area contributed by atoms with Crippen molar-refractivity contribution in [2.24, 2.45) is 0 Å². The fraction of sp³-hybridized carbons (Fsp3) is 0. The summed E-state index contributed by atoms with van der Waals surface area (Å²) in [6, 6.07) is 13.4. The van der Waals surface area contributed by atoms with Gasteiger partial charge in [-0.1, -0.05) is 12.1 Å². The van der Waals surface area contributed by atoms with Gasteiger partial charge in [0.05, 0.1) is 15.4 Å². The Bertz CT molecular complexity index is 711. The molecule has 0 bridgehead atoms. The minimum atomic E-state index is 0.669. The molecule has 3 aromatic rings. The fourth-order valence-electron chi connectivity index (χ4n) is 1.64. The summed E-state index contributed by atoms with van der Waals surface area (Å²) >= 11 is 4.78. The van der Waals surface area contributed by atoms with Crippen molar-refractivity contribution in [3.8, 4) is 10.8 Å². The number of ether oxygens (including phenoxy) is 1. The zero-order chi connectivity index (χ0) is 12.5. The monoisotopic (exact) mass is 320 g/mol. The van der Waals surface area contributed by atoms with E-state index in [-0.39, 0.29) is 0 Å². The van der Waals surface area contributed by atoms with Gasteiger partial charge in [0.15, 0.2) is 0 Å². The first-order valence-corrected chi connectivity index (χ1v) is 6.88. The predicted molar refractivity (Wildman–Crippen MR) is 78.2 cm³/mol. The van der Waals surface area contributed by atoms with Crippen molar-refractivity contribution in [2.45, 2.75) is 0 Å². The highest BCUT2D eigenvalue weighted by atomic mass is 79.9.